The van der Waals surface area contributed by atoms with Crippen LogP contribution in [0, 0.1) is 0 Å². The van der Waals surface area contributed by atoms with Crippen molar-refractivity contribution in [3.63, 3.8) is 0 Å². The van der Waals surface area contributed by atoms with E-state index in [2.05, 4.69) is 17.4 Å². The highest BCUT2D eigenvalue weighted by molar-refractivity contribution is 6.30. The molecule has 1 N–H and O–H groups in total. The first-order valence-electron chi connectivity index (χ1n) is 7.44. The molecule has 0 fully saturated rings. The SMILES string of the molecule is COCCCNCc1ccc(OCc2ccc(Cl)cc2)cc1.Cl. The number of halogens is 2. The molecular weight excluding hydrogens is 333 g/mol. The molecule has 3 nitrogen and oxygen atoms in total. The first-order valence-corrected chi connectivity index (χ1v) is 7.81. The van der Waals surface area contributed by atoms with E-state index in [-0.39, 0.29) is 12.4 Å². The molecule has 2 aromatic carbocycles. The van der Waals surface area contributed by atoms with E-state index in [4.69, 9.17) is 21.1 Å². The predicted molar refractivity (Wildman–Crippen MR) is 97.7 cm³/mol. The van der Waals surface area contributed by atoms with Gasteiger partial charge in [0, 0.05) is 25.3 Å². The summed E-state index contributed by atoms with van der Waals surface area (Å²) in [7, 11) is 1.72. The average Bonchev–Trinajstić information content (AvgIpc) is 2.55. The molecule has 0 aliphatic rings. The lowest BCUT2D eigenvalue weighted by molar-refractivity contribution is 0.194. The van der Waals surface area contributed by atoms with Crippen LogP contribution in [0.1, 0.15) is 17.5 Å². The van der Waals surface area contributed by atoms with Crippen molar-refractivity contribution < 1.29 is 9.47 Å². The minimum absolute atomic E-state index is 0. The van der Waals surface area contributed by atoms with Gasteiger partial charge in [0.15, 0.2) is 0 Å². The van der Waals surface area contributed by atoms with E-state index in [0.717, 1.165) is 42.5 Å². The van der Waals surface area contributed by atoms with Gasteiger partial charge in [-0.3, -0.25) is 0 Å². The highest BCUT2D eigenvalue weighted by Crippen LogP contribution is 2.15. The van der Waals surface area contributed by atoms with Crippen LogP contribution in [0.5, 0.6) is 5.75 Å². The van der Waals surface area contributed by atoms with Gasteiger partial charge in [-0.2, -0.15) is 0 Å². The van der Waals surface area contributed by atoms with Crippen LogP contribution in [0.4, 0.5) is 0 Å². The topological polar surface area (TPSA) is 30.5 Å². The normalized spacial score (nSPS) is 10.2. The van der Waals surface area contributed by atoms with Crippen LogP contribution in [0.15, 0.2) is 48.5 Å². The molecule has 0 bridgehead atoms. The summed E-state index contributed by atoms with van der Waals surface area (Å²) in [5, 5.41) is 4.13. The lowest BCUT2D eigenvalue weighted by Crippen LogP contribution is -2.15. The van der Waals surface area contributed by atoms with Gasteiger partial charge in [0.2, 0.25) is 0 Å². The maximum absolute atomic E-state index is 5.86. The fourth-order valence-corrected chi connectivity index (χ4v) is 2.15. The second kappa shape index (κ2) is 11.3. The molecule has 0 saturated carbocycles. The lowest BCUT2D eigenvalue weighted by atomic mass is 10.2. The molecule has 0 heterocycles. The van der Waals surface area contributed by atoms with Crippen molar-refractivity contribution in [1.82, 2.24) is 5.32 Å². The summed E-state index contributed by atoms with van der Waals surface area (Å²) < 4.78 is 10.8. The average molecular weight is 356 g/mol. The van der Waals surface area contributed by atoms with Gasteiger partial charge in [-0.15, -0.1) is 12.4 Å². The summed E-state index contributed by atoms with van der Waals surface area (Å²) in [6, 6.07) is 15.9. The largest absolute Gasteiger partial charge is 0.489 e. The Labute approximate surface area is 149 Å². The minimum Gasteiger partial charge on any atom is -0.489 e. The van der Waals surface area contributed by atoms with Crippen LogP contribution in [0.3, 0.4) is 0 Å². The Kier molecular flexibility index (Phi) is 9.72. The van der Waals surface area contributed by atoms with Crippen LogP contribution in [0.2, 0.25) is 5.02 Å². The van der Waals surface area contributed by atoms with Crippen molar-refractivity contribution in [3.8, 4) is 5.75 Å². The second-order valence-electron chi connectivity index (χ2n) is 5.08. The van der Waals surface area contributed by atoms with E-state index in [1.807, 2.05) is 36.4 Å². The number of nitrogens with one attached hydrogen (secondary N) is 1. The van der Waals surface area contributed by atoms with Crippen LogP contribution in [-0.4, -0.2) is 20.3 Å². The van der Waals surface area contributed by atoms with Crippen LogP contribution >= 0.6 is 24.0 Å². The van der Waals surface area contributed by atoms with E-state index in [0.29, 0.717) is 6.61 Å². The Morgan fingerprint density at radius 2 is 1.61 bits per heavy atom. The Bertz CT molecular complexity index is 544. The van der Waals surface area contributed by atoms with Gasteiger partial charge in [-0.1, -0.05) is 35.9 Å². The maximum atomic E-state index is 5.86. The summed E-state index contributed by atoms with van der Waals surface area (Å²) in [6.45, 7) is 3.17. The zero-order valence-corrected chi connectivity index (χ0v) is 14.8. The quantitative estimate of drug-likeness (QED) is 0.673. The Hall–Kier alpha value is -1.26. The van der Waals surface area contributed by atoms with E-state index >= 15 is 0 Å². The number of hydrogen-bond donors (Lipinski definition) is 1. The lowest BCUT2D eigenvalue weighted by Gasteiger charge is -2.08. The summed E-state index contributed by atoms with van der Waals surface area (Å²) in [4.78, 5) is 0. The molecule has 0 spiro atoms. The van der Waals surface area contributed by atoms with Crippen molar-refractivity contribution in [2.75, 3.05) is 20.3 Å². The zero-order chi connectivity index (χ0) is 15.6. The molecule has 0 amide bonds. The number of rotatable bonds is 9. The third kappa shape index (κ3) is 7.71. The maximum Gasteiger partial charge on any atom is 0.119 e. The van der Waals surface area contributed by atoms with Crippen LogP contribution < -0.4 is 10.1 Å². The van der Waals surface area contributed by atoms with Gasteiger partial charge in [-0.05, 0) is 48.4 Å². The third-order valence-electron chi connectivity index (χ3n) is 3.27. The summed E-state index contributed by atoms with van der Waals surface area (Å²) >= 11 is 5.86. The van der Waals surface area contributed by atoms with Crippen molar-refractivity contribution >= 4 is 24.0 Å². The molecule has 0 saturated heterocycles. The van der Waals surface area contributed by atoms with Crippen molar-refractivity contribution in [3.05, 3.63) is 64.7 Å². The van der Waals surface area contributed by atoms with Gasteiger partial charge in [0.05, 0.1) is 0 Å². The van der Waals surface area contributed by atoms with Crippen molar-refractivity contribution in [2.45, 2.75) is 19.6 Å². The van der Waals surface area contributed by atoms with Crippen molar-refractivity contribution in [1.29, 1.82) is 0 Å². The van der Waals surface area contributed by atoms with Gasteiger partial charge < -0.3 is 14.8 Å². The fraction of sp³-hybridized carbons (Fsp3) is 0.333. The highest BCUT2D eigenvalue weighted by atomic mass is 35.5. The summed E-state index contributed by atoms with van der Waals surface area (Å²) in [5.41, 5.74) is 2.35. The van der Waals surface area contributed by atoms with E-state index in [9.17, 15) is 0 Å². The standard InChI is InChI=1S/C18H22ClNO2.ClH/c1-21-12-2-11-20-13-15-5-9-18(10-6-15)22-14-16-3-7-17(19)8-4-16;/h3-10,20H,2,11-14H2,1H3;1H. The molecular formula is C18H23Cl2NO2. The second-order valence-corrected chi connectivity index (χ2v) is 5.52. The first-order chi connectivity index (χ1) is 10.8. The van der Waals surface area contributed by atoms with Crippen LogP contribution in [-0.2, 0) is 17.9 Å². The molecule has 23 heavy (non-hydrogen) atoms. The minimum atomic E-state index is 0. The first kappa shape index (κ1) is 19.8. The molecule has 0 unspecified atom stereocenters. The predicted octanol–water partition coefficient (Wildman–Crippen LogP) is 4.47. The smallest absolute Gasteiger partial charge is 0.119 e. The van der Waals surface area contributed by atoms with Crippen molar-refractivity contribution in [2.24, 2.45) is 0 Å². The Morgan fingerprint density at radius 3 is 2.26 bits per heavy atom. The monoisotopic (exact) mass is 355 g/mol. The van der Waals surface area contributed by atoms with Gasteiger partial charge in [0.1, 0.15) is 12.4 Å². The van der Waals surface area contributed by atoms with Gasteiger partial charge in [0.25, 0.3) is 0 Å². The Morgan fingerprint density at radius 1 is 0.957 bits per heavy atom. The molecule has 0 aliphatic heterocycles. The van der Waals surface area contributed by atoms with E-state index in [1.54, 1.807) is 7.11 Å². The van der Waals surface area contributed by atoms with Gasteiger partial charge >= 0.3 is 0 Å². The summed E-state index contributed by atoms with van der Waals surface area (Å²) in [6.07, 6.45) is 1.03. The third-order valence-corrected chi connectivity index (χ3v) is 3.53. The summed E-state index contributed by atoms with van der Waals surface area (Å²) in [5.74, 6) is 0.873. The number of ether oxygens (including phenoxy) is 2. The molecule has 5 heteroatoms. The van der Waals surface area contributed by atoms with Gasteiger partial charge in [-0.25, -0.2) is 0 Å². The van der Waals surface area contributed by atoms with E-state index < -0.39 is 0 Å². The molecule has 2 rings (SSSR count). The molecule has 0 aromatic heterocycles. The molecule has 2 aromatic rings. The molecule has 0 radical (unpaired) electrons. The Balaban J connectivity index is 0.00000264. The zero-order valence-electron chi connectivity index (χ0n) is 13.3. The number of benzene rings is 2. The number of methoxy groups -OCH3 is 1. The number of hydrogen-bond acceptors (Lipinski definition) is 3. The molecule has 0 atom stereocenters. The highest BCUT2D eigenvalue weighted by Gasteiger charge is 1.98. The van der Waals surface area contributed by atoms with E-state index in [1.165, 1.54) is 5.56 Å². The fourth-order valence-electron chi connectivity index (χ4n) is 2.03. The molecule has 0 aliphatic carbocycles. The molecule has 126 valence electrons. The van der Waals surface area contributed by atoms with Crippen LogP contribution in [0.25, 0.3) is 0 Å².